The molecule has 1 N–H and O–H groups in total. The molecule has 0 radical (unpaired) electrons. The summed E-state index contributed by atoms with van der Waals surface area (Å²) in [7, 11) is 0. The highest BCUT2D eigenvalue weighted by molar-refractivity contribution is 5.87. The molecule has 0 aromatic carbocycles. The molecule has 0 aliphatic carbocycles. The smallest absolute Gasteiger partial charge is 0.376 e. The number of carbonyl (C=O) groups excluding carboxylic acids is 3. The minimum Gasteiger partial charge on any atom is -0.475 e. The number of carboxylic acids is 1. The summed E-state index contributed by atoms with van der Waals surface area (Å²) < 4.78 is 14.8. The average molecular weight is 394 g/mol. The molecule has 0 atom stereocenters. The fourth-order valence-corrected chi connectivity index (χ4v) is 2.07. The topological polar surface area (TPSA) is 150 Å². The van der Waals surface area contributed by atoms with Crippen LogP contribution >= 0.6 is 0 Å². The van der Waals surface area contributed by atoms with E-state index in [9.17, 15) is 19.2 Å². The van der Waals surface area contributed by atoms with Crippen LogP contribution in [0.4, 0.5) is 0 Å². The molecule has 2 rings (SSSR count). The van der Waals surface area contributed by atoms with Crippen molar-refractivity contribution in [1.29, 1.82) is 0 Å². The second-order valence-corrected chi connectivity index (χ2v) is 5.83. The Hall–Kier alpha value is -3.30. The summed E-state index contributed by atoms with van der Waals surface area (Å²) in [5.41, 5.74) is 0.744. The van der Waals surface area contributed by atoms with Crippen molar-refractivity contribution in [3.05, 3.63) is 34.7 Å². The Morgan fingerprint density at radius 2 is 1.32 bits per heavy atom. The van der Waals surface area contributed by atoms with Crippen LogP contribution in [0, 0.1) is 13.8 Å². The number of oxazole rings is 2. The number of ether oxygens (including phenoxy) is 1. The van der Waals surface area contributed by atoms with Crippen molar-refractivity contribution in [2.45, 2.75) is 47.5 Å². The van der Waals surface area contributed by atoms with Crippen LogP contribution in [0.25, 0.3) is 0 Å². The van der Waals surface area contributed by atoms with Crippen molar-refractivity contribution in [1.82, 2.24) is 9.97 Å². The van der Waals surface area contributed by atoms with Gasteiger partial charge in [0.15, 0.2) is 0 Å². The van der Waals surface area contributed by atoms with Gasteiger partial charge < -0.3 is 18.7 Å². The van der Waals surface area contributed by atoms with Crippen LogP contribution in [-0.2, 0) is 27.2 Å². The van der Waals surface area contributed by atoms with E-state index in [1.54, 1.807) is 13.8 Å². The van der Waals surface area contributed by atoms with Crippen molar-refractivity contribution >= 4 is 23.5 Å². The molecule has 0 aliphatic rings. The van der Waals surface area contributed by atoms with Gasteiger partial charge in [-0.25, -0.2) is 19.6 Å². The molecule has 2 aromatic rings. The number of carboxylic acid groups (broad SMARTS) is 1. The summed E-state index contributed by atoms with van der Waals surface area (Å²) in [6.07, 6.45) is 0.133. The normalized spacial score (nSPS) is 10.0. The first-order valence-corrected chi connectivity index (χ1v) is 8.37. The first-order chi connectivity index (χ1) is 13.0. The number of aromatic nitrogens is 2. The summed E-state index contributed by atoms with van der Waals surface area (Å²) in [6, 6.07) is 0. The number of aromatic carboxylic acids is 1. The molecule has 10 heteroatoms. The van der Waals surface area contributed by atoms with Crippen LogP contribution in [0.3, 0.4) is 0 Å². The monoisotopic (exact) mass is 394 g/mol. The van der Waals surface area contributed by atoms with Crippen LogP contribution in [0.2, 0.25) is 0 Å². The zero-order chi connectivity index (χ0) is 21.4. The van der Waals surface area contributed by atoms with Crippen LogP contribution in [0.1, 0.15) is 65.1 Å². The molecule has 0 fully saturated rings. The van der Waals surface area contributed by atoms with Crippen LogP contribution in [0.5, 0.6) is 0 Å². The van der Waals surface area contributed by atoms with Crippen LogP contribution < -0.4 is 0 Å². The lowest BCUT2D eigenvalue weighted by atomic mass is 10.3. The number of nitrogens with zero attached hydrogens (tertiary/aromatic N) is 2. The Morgan fingerprint density at radius 3 is 1.68 bits per heavy atom. The van der Waals surface area contributed by atoms with E-state index in [0.717, 1.165) is 0 Å². The Balaban J connectivity index is 0.000000283. The number of rotatable bonds is 7. The summed E-state index contributed by atoms with van der Waals surface area (Å²) >= 11 is 0. The molecule has 2 aromatic heterocycles. The zero-order valence-electron chi connectivity index (χ0n) is 16.3. The lowest BCUT2D eigenvalue weighted by Crippen LogP contribution is -2.04. The van der Waals surface area contributed by atoms with Gasteiger partial charge in [-0.2, -0.15) is 0 Å². The molecule has 0 amide bonds. The number of hydrogen-bond donors (Lipinski definition) is 1. The van der Waals surface area contributed by atoms with Gasteiger partial charge >= 0.3 is 11.9 Å². The summed E-state index contributed by atoms with van der Waals surface area (Å²) in [5, 5.41) is 8.59. The van der Waals surface area contributed by atoms with E-state index in [1.807, 2.05) is 0 Å². The molecule has 10 nitrogen and oxygen atoms in total. The standard InChI is InChI=1S/C10H13NO4.C8H9NO4/c1-4-14-10(13)9-7(3)11-8(15-9)5-6(2)12;1-4(10)3-6-9-5(2)7(13-6)8(11)12/h4-5H2,1-3H3;3H2,1-2H3,(H,11,12). The third-order valence-corrected chi connectivity index (χ3v) is 3.14. The highest BCUT2D eigenvalue weighted by Crippen LogP contribution is 2.12. The predicted molar refractivity (Wildman–Crippen MR) is 94.2 cm³/mol. The van der Waals surface area contributed by atoms with E-state index in [0.29, 0.717) is 11.4 Å². The quantitative estimate of drug-likeness (QED) is 0.691. The molecule has 0 saturated heterocycles. The summed E-state index contributed by atoms with van der Waals surface area (Å²) in [6.45, 7) is 7.97. The number of hydrogen-bond acceptors (Lipinski definition) is 9. The summed E-state index contributed by atoms with van der Waals surface area (Å²) in [5.74, 6) is -1.60. The minimum atomic E-state index is -1.17. The first-order valence-electron chi connectivity index (χ1n) is 8.37. The van der Waals surface area contributed by atoms with Crippen molar-refractivity contribution in [3.63, 3.8) is 0 Å². The maximum Gasteiger partial charge on any atom is 0.376 e. The highest BCUT2D eigenvalue weighted by Gasteiger charge is 2.19. The number of carbonyl (C=O) groups is 4. The molecular weight excluding hydrogens is 372 g/mol. The van der Waals surface area contributed by atoms with Crippen molar-refractivity contribution in [3.8, 4) is 0 Å². The lowest BCUT2D eigenvalue weighted by Gasteiger charge is -1.97. The Kier molecular flexibility index (Phi) is 8.24. The van der Waals surface area contributed by atoms with Crippen molar-refractivity contribution in [2.24, 2.45) is 0 Å². The third kappa shape index (κ3) is 6.78. The van der Waals surface area contributed by atoms with Crippen molar-refractivity contribution < 1.29 is 37.9 Å². The zero-order valence-corrected chi connectivity index (χ0v) is 16.3. The van der Waals surface area contributed by atoms with E-state index in [2.05, 4.69) is 9.97 Å². The molecule has 0 aliphatic heterocycles. The van der Waals surface area contributed by atoms with Crippen LogP contribution in [0.15, 0.2) is 8.83 Å². The van der Waals surface area contributed by atoms with E-state index >= 15 is 0 Å². The van der Waals surface area contributed by atoms with E-state index in [1.165, 1.54) is 20.8 Å². The van der Waals surface area contributed by atoms with E-state index < -0.39 is 11.9 Å². The van der Waals surface area contributed by atoms with Gasteiger partial charge in [-0.15, -0.1) is 0 Å². The predicted octanol–water partition coefficient (Wildman–Crippen LogP) is 2.10. The average Bonchev–Trinajstić information content (AvgIpc) is 3.09. The van der Waals surface area contributed by atoms with Gasteiger partial charge in [0, 0.05) is 0 Å². The fourth-order valence-electron chi connectivity index (χ4n) is 2.07. The molecule has 2 heterocycles. The maximum absolute atomic E-state index is 11.3. The SMILES string of the molecule is CC(=O)Cc1nc(C)c(C(=O)O)o1.CCOC(=O)c1oc(CC(C)=O)nc1C. The van der Waals surface area contributed by atoms with E-state index in [-0.39, 0.29) is 54.3 Å². The number of aryl methyl sites for hydroxylation is 2. The van der Waals surface area contributed by atoms with Gasteiger partial charge in [-0.05, 0) is 34.6 Å². The number of Topliss-reactive ketones (excluding diaryl/α,β-unsaturated/α-hetero) is 2. The van der Waals surface area contributed by atoms with Gasteiger partial charge in [0.05, 0.1) is 30.8 Å². The van der Waals surface area contributed by atoms with Gasteiger partial charge in [0.25, 0.3) is 0 Å². The molecule has 28 heavy (non-hydrogen) atoms. The molecule has 0 bridgehead atoms. The first kappa shape index (κ1) is 22.7. The second kappa shape index (κ2) is 10.1. The minimum absolute atomic E-state index is 0.0358. The van der Waals surface area contributed by atoms with Gasteiger partial charge in [-0.1, -0.05) is 0 Å². The Morgan fingerprint density at radius 1 is 0.893 bits per heavy atom. The third-order valence-electron chi connectivity index (χ3n) is 3.14. The Labute approximate surface area is 160 Å². The molecule has 0 saturated carbocycles. The molecule has 0 unspecified atom stereocenters. The van der Waals surface area contributed by atoms with Crippen LogP contribution in [-0.4, -0.2) is 45.2 Å². The second-order valence-electron chi connectivity index (χ2n) is 5.83. The largest absolute Gasteiger partial charge is 0.475 e. The fraction of sp³-hybridized carbons (Fsp3) is 0.444. The lowest BCUT2D eigenvalue weighted by molar-refractivity contribution is -0.117. The van der Waals surface area contributed by atoms with Gasteiger partial charge in [0.2, 0.25) is 23.3 Å². The molecular formula is C18H22N2O8. The summed E-state index contributed by atoms with van der Waals surface area (Å²) in [4.78, 5) is 51.1. The maximum atomic E-state index is 11.3. The number of esters is 1. The van der Waals surface area contributed by atoms with Crippen molar-refractivity contribution in [2.75, 3.05) is 6.61 Å². The van der Waals surface area contributed by atoms with Gasteiger partial charge in [-0.3, -0.25) is 9.59 Å². The molecule has 152 valence electrons. The molecule has 0 spiro atoms. The van der Waals surface area contributed by atoms with Gasteiger partial charge in [0.1, 0.15) is 11.6 Å². The Bertz CT molecular complexity index is 878. The van der Waals surface area contributed by atoms with E-state index in [4.69, 9.17) is 18.7 Å². The highest BCUT2D eigenvalue weighted by atomic mass is 16.5. The number of ketones is 2.